The molecule has 0 saturated carbocycles. The number of aliphatic hydroxyl groups excluding tert-OH is 1. The van der Waals surface area contributed by atoms with Gasteiger partial charge in [-0.25, -0.2) is 0 Å². The van der Waals surface area contributed by atoms with Gasteiger partial charge in [0.2, 0.25) is 5.91 Å². The van der Waals surface area contributed by atoms with Crippen LogP contribution in [-0.4, -0.2) is 24.2 Å². The van der Waals surface area contributed by atoms with Crippen LogP contribution in [0.2, 0.25) is 0 Å². The Hall–Kier alpha value is -2.06. The summed E-state index contributed by atoms with van der Waals surface area (Å²) < 4.78 is 5.07. The fraction of sp³-hybridized carbons (Fsp3) is 0.333. The lowest BCUT2D eigenvalue weighted by atomic mass is 10.2. The van der Waals surface area contributed by atoms with Gasteiger partial charge in [0.25, 0.3) is 0 Å². The van der Waals surface area contributed by atoms with E-state index in [1.165, 1.54) is 0 Å². The molecule has 0 aliphatic rings. The second-order valence-electron chi connectivity index (χ2n) is 3.35. The van der Waals surface area contributed by atoms with Crippen LogP contribution in [-0.2, 0) is 4.79 Å². The number of hydrogen-bond acceptors (Lipinski definition) is 4. The molecule has 90 valence electrons. The van der Waals surface area contributed by atoms with Crippen molar-refractivity contribution < 1.29 is 14.6 Å². The molecular formula is C12H14N2O3. The van der Waals surface area contributed by atoms with Crippen molar-refractivity contribution in [2.75, 3.05) is 18.5 Å². The molecule has 0 atom stereocenters. The van der Waals surface area contributed by atoms with Crippen molar-refractivity contribution in [1.82, 2.24) is 0 Å². The standard InChI is InChI=1S/C12H14N2O3/c13-7-9-17-11-5-3-10(4-6-11)14-12(16)2-1-8-15/h3-6,15H,1-2,8-9H2,(H,14,16). The Bertz CT molecular complexity index is 395. The average molecular weight is 234 g/mol. The highest BCUT2D eigenvalue weighted by atomic mass is 16.5. The summed E-state index contributed by atoms with van der Waals surface area (Å²) in [5.74, 6) is 0.449. The van der Waals surface area contributed by atoms with Gasteiger partial charge >= 0.3 is 0 Å². The van der Waals surface area contributed by atoms with E-state index >= 15 is 0 Å². The summed E-state index contributed by atoms with van der Waals surface area (Å²) in [5, 5.41) is 19.6. The van der Waals surface area contributed by atoms with E-state index in [0.29, 0.717) is 24.3 Å². The molecule has 1 aromatic rings. The molecule has 17 heavy (non-hydrogen) atoms. The smallest absolute Gasteiger partial charge is 0.224 e. The molecule has 0 bridgehead atoms. The molecule has 2 N–H and O–H groups in total. The monoisotopic (exact) mass is 234 g/mol. The molecule has 5 nitrogen and oxygen atoms in total. The highest BCUT2D eigenvalue weighted by Gasteiger charge is 2.01. The number of carbonyl (C=O) groups excluding carboxylic acids is 1. The normalized spacial score (nSPS) is 9.41. The summed E-state index contributed by atoms with van der Waals surface area (Å²) in [6.07, 6.45) is 0.748. The molecule has 0 spiro atoms. The molecule has 1 rings (SSSR count). The third-order valence-corrected chi connectivity index (χ3v) is 2.00. The predicted octanol–water partition coefficient (Wildman–Crippen LogP) is 1.30. The highest BCUT2D eigenvalue weighted by molar-refractivity contribution is 5.90. The molecule has 5 heteroatoms. The zero-order chi connectivity index (χ0) is 12.5. The van der Waals surface area contributed by atoms with E-state index in [1.54, 1.807) is 24.3 Å². The van der Waals surface area contributed by atoms with Gasteiger partial charge in [-0.1, -0.05) is 0 Å². The van der Waals surface area contributed by atoms with E-state index in [9.17, 15) is 4.79 Å². The number of anilines is 1. The molecule has 0 heterocycles. The summed E-state index contributed by atoms with van der Waals surface area (Å²) in [4.78, 5) is 11.3. The fourth-order valence-electron chi connectivity index (χ4n) is 1.21. The lowest BCUT2D eigenvalue weighted by molar-refractivity contribution is -0.116. The van der Waals surface area contributed by atoms with Crippen LogP contribution in [0.25, 0.3) is 0 Å². The topological polar surface area (TPSA) is 82.3 Å². The van der Waals surface area contributed by atoms with Gasteiger partial charge in [0.1, 0.15) is 11.8 Å². The maximum atomic E-state index is 11.3. The number of rotatable bonds is 6. The van der Waals surface area contributed by atoms with Crippen LogP contribution < -0.4 is 10.1 Å². The van der Waals surface area contributed by atoms with Crippen LogP contribution in [0.5, 0.6) is 5.75 Å². The van der Waals surface area contributed by atoms with E-state index in [4.69, 9.17) is 15.1 Å². The summed E-state index contributed by atoms with van der Waals surface area (Å²) in [6, 6.07) is 8.63. The van der Waals surface area contributed by atoms with E-state index in [0.717, 1.165) is 0 Å². The minimum atomic E-state index is -0.134. The summed E-state index contributed by atoms with van der Waals surface area (Å²) in [5.41, 5.74) is 0.664. The third kappa shape index (κ3) is 5.00. The number of carbonyl (C=O) groups is 1. The number of aliphatic hydroxyl groups is 1. The van der Waals surface area contributed by atoms with Crippen LogP contribution in [0.4, 0.5) is 5.69 Å². The minimum Gasteiger partial charge on any atom is -0.479 e. The Morgan fingerprint density at radius 3 is 2.71 bits per heavy atom. The number of ether oxygens (including phenoxy) is 1. The van der Waals surface area contributed by atoms with E-state index in [-0.39, 0.29) is 19.1 Å². The van der Waals surface area contributed by atoms with Crippen LogP contribution in [0.1, 0.15) is 12.8 Å². The summed E-state index contributed by atoms with van der Waals surface area (Å²) in [7, 11) is 0. The molecule has 0 aliphatic carbocycles. The van der Waals surface area contributed by atoms with Crippen molar-refractivity contribution in [2.45, 2.75) is 12.8 Å². The Morgan fingerprint density at radius 2 is 2.12 bits per heavy atom. The molecule has 0 saturated heterocycles. The van der Waals surface area contributed by atoms with Crippen molar-refractivity contribution in [3.05, 3.63) is 24.3 Å². The van der Waals surface area contributed by atoms with Gasteiger partial charge < -0.3 is 15.2 Å². The number of amides is 1. The number of hydrogen-bond donors (Lipinski definition) is 2. The van der Waals surface area contributed by atoms with Gasteiger partial charge in [-0.05, 0) is 30.7 Å². The fourth-order valence-corrected chi connectivity index (χ4v) is 1.21. The van der Waals surface area contributed by atoms with Crippen molar-refractivity contribution in [3.63, 3.8) is 0 Å². The van der Waals surface area contributed by atoms with Gasteiger partial charge in [-0.3, -0.25) is 4.79 Å². The molecule has 0 aliphatic heterocycles. The molecule has 0 fully saturated rings. The Labute approximate surface area is 99.6 Å². The molecule has 1 aromatic carbocycles. The van der Waals surface area contributed by atoms with E-state index < -0.39 is 0 Å². The second-order valence-corrected chi connectivity index (χ2v) is 3.35. The maximum Gasteiger partial charge on any atom is 0.224 e. The zero-order valence-corrected chi connectivity index (χ0v) is 9.35. The van der Waals surface area contributed by atoms with Gasteiger partial charge in [0.05, 0.1) is 0 Å². The van der Waals surface area contributed by atoms with Crippen molar-refractivity contribution >= 4 is 11.6 Å². The zero-order valence-electron chi connectivity index (χ0n) is 9.35. The first-order chi connectivity index (χ1) is 8.26. The summed E-state index contributed by atoms with van der Waals surface area (Å²) in [6.45, 7) is 0.0105. The molecule has 0 aromatic heterocycles. The first-order valence-corrected chi connectivity index (χ1v) is 5.27. The molecule has 0 radical (unpaired) electrons. The van der Waals surface area contributed by atoms with Crippen LogP contribution >= 0.6 is 0 Å². The van der Waals surface area contributed by atoms with Crippen LogP contribution in [0.3, 0.4) is 0 Å². The minimum absolute atomic E-state index is 0.00219. The number of nitrogens with zero attached hydrogens (tertiary/aromatic N) is 1. The van der Waals surface area contributed by atoms with Gasteiger partial charge in [-0.2, -0.15) is 5.26 Å². The third-order valence-electron chi connectivity index (χ3n) is 2.00. The first-order valence-electron chi connectivity index (χ1n) is 5.27. The van der Waals surface area contributed by atoms with Gasteiger partial charge in [0, 0.05) is 18.7 Å². The van der Waals surface area contributed by atoms with Gasteiger partial charge in [0.15, 0.2) is 6.61 Å². The predicted molar refractivity (Wildman–Crippen MR) is 62.5 cm³/mol. The van der Waals surface area contributed by atoms with Gasteiger partial charge in [-0.15, -0.1) is 0 Å². The molecule has 0 unspecified atom stereocenters. The average Bonchev–Trinajstić information content (AvgIpc) is 2.35. The SMILES string of the molecule is N#CCOc1ccc(NC(=O)CCCO)cc1. The molecule has 1 amide bonds. The van der Waals surface area contributed by atoms with Crippen molar-refractivity contribution in [1.29, 1.82) is 5.26 Å². The Morgan fingerprint density at radius 1 is 1.41 bits per heavy atom. The lowest BCUT2D eigenvalue weighted by Gasteiger charge is -2.06. The van der Waals surface area contributed by atoms with Crippen LogP contribution in [0.15, 0.2) is 24.3 Å². The van der Waals surface area contributed by atoms with Crippen molar-refractivity contribution in [2.24, 2.45) is 0 Å². The Balaban J connectivity index is 2.45. The Kier molecular flexibility index (Phi) is 5.55. The lowest BCUT2D eigenvalue weighted by Crippen LogP contribution is -2.11. The number of benzene rings is 1. The second kappa shape index (κ2) is 7.25. The summed E-state index contributed by atoms with van der Waals surface area (Å²) >= 11 is 0. The van der Waals surface area contributed by atoms with E-state index in [1.807, 2.05) is 6.07 Å². The largest absolute Gasteiger partial charge is 0.479 e. The van der Waals surface area contributed by atoms with Crippen LogP contribution in [0, 0.1) is 11.3 Å². The van der Waals surface area contributed by atoms with Crippen molar-refractivity contribution in [3.8, 4) is 11.8 Å². The number of nitriles is 1. The van der Waals surface area contributed by atoms with E-state index in [2.05, 4.69) is 5.32 Å². The molecular weight excluding hydrogens is 220 g/mol. The first kappa shape index (κ1) is 13.0. The highest BCUT2D eigenvalue weighted by Crippen LogP contribution is 2.15. The maximum absolute atomic E-state index is 11.3. The quantitative estimate of drug-likeness (QED) is 0.777. The number of nitrogens with one attached hydrogen (secondary N) is 1.